The van der Waals surface area contributed by atoms with Gasteiger partial charge in [-0.3, -0.25) is 9.48 Å². The van der Waals surface area contributed by atoms with Crippen molar-refractivity contribution in [2.45, 2.75) is 12.7 Å². The molecule has 0 aliphatic rings. The second-order valence-corrected chi connectivity index (χ2v) is 2.97. The minimum absolute atomic E-state index is 0.511. The maximum Gasteiger partial charge on any atom is 0.436 e. The lowest BCUT2D eigenvalue weighted by atomic mass is 10.2. The number of rotatable bonds is 3. The zero-order chi connectivity index (χ0) is 13.2. The summed E-state index contributed by atoms with van der Waals surface area (Å²) in [5, 5.41) is 11.4. The van der Waals surface area contributed by atoms with Gasteiger partial charge in [0.1, 0.15) is 12.1 Å². The largest absolute Gasteiger partial charge is 0.480 e. The molecule has 0 amide bonds. The first-order valence-electron chi connectivity index (χ1n) is 4.20. The molecule has 0 bridgehead atoms. The van der Waals surface area contributed by atoms with Crippen LogP contribution in [-0.4, -0.2) is 33.9 Å². The Morgan fingerprint density at radius 3 is 2.53 bits per heavy atom. The van der Waals surface area contributed by atoms with E-state index in [2.05, 4.69) is 9.84 Å². The Balaban J connectivity index is 3.21. The van der Waals surface area contributed by atoms with Crippen LogP contribution in [0.5, 0.6) is 0 Å². The number of carboxylic acid groups (broad SMARTS) is 1. The molecule has 1 aromatic heterocycles. The van der Waals surface area contributed by atoms with Crippen LogP contribution in [0.2, 0.25) is 0 Å². The number of aliphatic carboxylic acids is 1. The summed E-state index contributed by atoms with van der Waals surface area (Å²) in [5.41, 5.74) is -2.29. The summed E-state index contributed by atoms with van der Waals surface area (Å²) in [6.45, 7) is -0.778. The maximum atomic E-state index is 12.5. The van der Waals surface area contributed by atoms with Crippen LogP contribution < -0.4 is 0 Å². The third-order valence-corrected chi connectivity index (χ3v) is 1.73. The van der Waals surface area contributed by atoms with Crippen molar-refractivity contribution in [1.82, 2.24) is 9.78 Å². The van der Waals surface area contributed by atoms with Crippen molar-refractivity contribution in [2.75, 3.05) is 7.11 Å². The average Bonchev–Trinajstić information content (AvgIpc) is 2.59. The number of esters is 1. The fourth-order valence-electron chi connectivity index (χ4n) is 1.11. The van der Waals surface area contributed by atoms with Crippen molar-refractivity contribution in [3.63, 3.8) is 0 Å². The van der Waals surface area contributed by atoms with E-state index in [1.807, 2.05) is 0 Å². The number of ether oxygens (including phenoxy) is 1. The number of methoxy groups -OCH3 is 1. The highest BCUT2D eigenvalue weighted by atomic mass is 19.4. The fourth-order valence-corrected chi connectivity index (χ4v) is 1.11. The van der Waals surface area contributed by atoms with Crippen LogP contribution in [0, 0.1) is 0 Å². The summed E-state index contributed by atoms with van der Waals surface area (Å²) < 4.78 is 42.1. The van der Waals surface area contributed by atoms with Gasteiger partial charge in [-0.1, -0.05) is 0 Å². The molecule has 0 fully saturated rings. The fraction of sp³-hybridized carbons (Fsp3) is 0.375. The molecule has 0 aromatic carbocycles. The van der Waals surface area contributed by atoms with E-state index < -0.39 is 35.9 Å². The summed E-state index contributed by atoms with van der Waals surface area (Å²) >= 11 is 0. The Labute approximate surface area is 92.6 Å². The van der Waals surface area contributed by atoms with Crippen molar-refractivity contribution >= 4 is 11.9 Å². The number of hydrogen-bond acceptors (Lipinski definition) is 4. The quantitative estimate of drug-likeness (QED) is 0.803. The molecule has 0 spiro atoms. The lowest BCUT2D eigenvalue weighted by Gasteiger charge is -2.03. The predicted octanol–water partition coefficient (Wildman–Crippen LogP) is 0.773. The molecule has 1 N–H and O–H groups in total. The number of carboxylic acids is 1. The Bertz CT molecular complexity index is 452. The Hall–Kier alpha value is -2.06. The van der Waals surface area contributed by atoms with Gasteiger partial charge in [-0.2, -0.15) is 18.3 Å². The Morgan fingerprint density at radius 2 is 2.12 bits per heavy atom. The smallest absolute Gasteiger partial charge is 0.436 e. The van der Waals surface area contributed by atoms with E-state index in [1.54, 1.807) is 0 Å². The van der Waals surface area contributed by atoms with Gasteiger partial charge < -0.3 is 9.84 Å². The van der Waals surface area contributed by atoms with Crippen LogP contribution in [0.1, 0.15) is 16.1 Å². The first-order valence-corrected chi connectivity index (χ1v) is 4.20. The van der Waals surface area contributed by atoms with E-state index >= 15 is 0 Å². The van der Waals surface area contributed by atoms with Gasteiger partial charge in [-0.25, -0.2) is 4.79 Å². The zero-order valence-corrected chi connectivity index (χ0v) is 8.48. The van der Waals surface area contributed by atoms with Gasteiger partial charge in [0.25, 0.3) is 0 Å². The van der Waals surface area contributed by atoms with E-state index in [1.165, 1.54) is 0 Å². The Morgan fingerprint density at radius 1 is 1.53 bits per heavy atom. The Kier molecular flexibility index (Phi) is 3.39. The molecule has 1 heterocycles. The van der Waals surface area contributed by atoms with Crippen LogP contribution in [0.15, 0.2) is 6.20 Å². The number of carbonyl (C=O) groups is 2. The molecule has 0 saturated heterocycles. The number of halogens is 3. The summed E-state index contributed by atoms with van der Waals surface area (Å²) in [7, 11) is 0.914. The number of nitrogens with zero attached hydrogens (tertiary/aromatic N) is 2. The minimum atomic E-state index is -4.85. The van der Waals surface area contributed by atoms with Gasteiger partial charge in [0.2, 0.25) is 0 Å². The highest BCUT2D eigenvalue weighted by Crippen LogP contribution is 2.30. The second kappa shape index (κ2) is 4.44. The molecule has 1 aromatic rings. The number of hydrogen-bond donors (Lipinski definition) is 1. The molecule has 0 atom stereocenters. The van der Waals surface area contributed by atoms with E-state index in [9.17, 15) is 22.8 Å². The van der Waals surface area contributed by atoms with E-state index in [0.29, 0.717) is 10.9 Å². The molecule has 0 aliphatic heterocycles. The molecular weight excluding hydrogens is 245 g/mol. The van der Waals surface area contributed by atoms with Gasteiger partial charge in [-0.15, -0.1) is 0 Å². The van der Waals surface area contributed by atoms with E-state index in [4.69, 9.17) is 5.11 Å². The van der Waals surface area contributed by atoms with Crippen molar-refractivity contribution in [3.8, 4) is 0 Å². The zero-order valence-electron chi connectivity index (χ0n) is 8.48. The molecule has 17 heavy (non-hydrogen) atoms. The molecule has 0 unspecified atom stereocenters. The van der Waals surface area contributed by atoms with Crippen LogP contribution in [0.3, 0.4) is 0 Å². The lowest BCUT2D eigenvalue weighted by molar-refractivity contribution is -0.143. The summed E-state index contributed by atoms with van der Waals surface area (Å²) in [4.78, 5) is 21.4. The summed E-state index contributed by atoms with van der Waals surface area (Å²) in [5.74, 6) is -2.60. The molecule has 1 rings (SSSR count). The van der Waals surface area contributed by atoms with Gasteiger partial charge in [0.15, 0.2) is 5.69 Å². The van der Waals surface area contributed by atoms with Crippen molar-refractivity contribution in [2.24, 2.45) is 0 Å². The normalized spacial score (nSPS) is 11.3. The highest BCUT2D eigenvalue weighted by Gasteiger charge is 2.39. The molecule has 0 aliphatic carbocycles. The van der Waals surface area contributed by atoms with Crippen molar-refractivity contribution in [3.05, 3.63) is 17.5 Å². The first kappa shape index (κ1) is 13.0. The van der Waals surface area contributed by atoms with Crippen LogP contribution in [-0.2, 0) is 22.3 Å². The highest BCUT2D eigenvalue weighted by molar-refractivity contribution is 5.90. The summed E-state index contributed by atoms with van der Waals surface area (Å²) in [6, 6.07) is 0. The average molecular weight is 252 g/mol. The number of alkyl halides is 3. The molecular formula is C8H7F3N2O4. The number of aromatic nitrogens is 2. The monoisotopic (exact) mass is 252 g/mol. The minimum Gasteiger partial charge on any atom is -0.480 e. The third-order valence-electron chi connectivity index (χ3n) is 1.73. The van der Waals surface area contributed by atoms with Crippen LogP contribution in [0.4, 0.5) is 13.2 Å². The standard InChI is InChI=1S/C8H7F3N2O4/c1-17-7(16)4-2-13(3-5(14)15)12-6(4)8(9,10)11/h2H,3H2,1H3,(H,14,15). The lowest BCUT2D eigenvalue weighted by Crippen LogP contribution is -2.14. The van der Waals surface area contributed by atoms with Gasteiger partial charge in [0, 0.05) is 6.20 Å². The van der Waals surface area contributed by atoms with Gasteiger partial charge >= 0.3 is 18.1 Å². The van der Waals surface area contributed by atoms with Crippen LogP contribution >= 0.6 is 0 Å². The summed E-state index contributed by atoms with van der Waals surface area (Å²) in [6.07, 6.45) is -4.17. The van der Waals surface area contributed by atoms with Crippen LogP contribution in [0.25, 0.3) is 0 Å². The van der Waals surface area contributed by atoms with E-state index in [-0.39, 0.29) is 0 Å². The number of carbonyl (C=O) groups excluding carboxylic acids is 1. The maximum absolute atomic E-state index is 12.5. The van der Waals surface area contributed by atoms with Gasteiger partial charge in [0.05, 0.1) is 7.11 Å². The van der Waals surface area contributed by atoms with Gasteiger partial charge in [-0.05, 0) is 0 Å². The second-order valence-electron chi connectivity index (χ2n) is 2.97. The van der Waals surface area contributed by atoms with Crippen molar-refractivity contribution in [1.29, 1.82) is 0 Å². The molecule has 0 radical (unpaired) electrons. The van der Waals surface area contributed by atoms with E-state index in [0.717, 1.165) is 7.11 Å². The topological polar surface area (TPSA) is 81.4 Å². The SMILES string of the molecule is COC(=O)c1cn(CC(=O)O)nc1C(F)(F)F. The molecule has 6 nitrogen and oxygen atoms in total. The molecule has 0 saturated carbocycles. The molecule has 94 valence electrons. The molecule has 9 heteroatoms. The third kappa shape index (κ3) is 2.95. The first-order chi connectivity index (χ1) is 7.75. The predicted molar refractivity (Wildman–Crippen MR) is 46.2 cm³/mol. The van der Waals surface area contributed by atoms with Crippen molar-refractivity contribution < 1.29 is 32.6 Å².